The van der Waals surface area contributed by atoms with Crippen LogP contribution in [0.15, 0.2) is 47.4 Å². The first-order valence-corrected chi connectivity index (χ1v) is 9.57. The van der Waals surface area contributed by atoms with Gasteiger partial charge < -0.3 is 10.1 Å². The van der Waals surface area contributed by atoms with Crippen molar-refractivity contribution in [3.63, 3.8) is 0 Å². The Kier molecular flexibility index (Phi) is 7.00. The summed E-state index contributed by atoms with van der Waals surface area (Å²) in [5, 5.41) is 2.63. The van der Waals surface area contributed by atoms with Crippen LogP contribution in [-0.4, -0.2) is 34.6 Å². The van der Waals surface area contributed by atoms with Crippen molar-refractivity contribution in [1.29, 1.82) is 0 Å². The fourth-order valence-electron chi connectivity index (χ4n) is 2.31. The van der Waals surface area contributed by atoms with Crippen LogP contribution in [0.25, 0.3) is 0 Å². The fourth-order valence-corrected chi connectivity index (χ4v) is 3.37. The number of methoxy groups -OCH3 is 1. The molecule has 0 radical (unpaired) electrons. The first-order chi connectivity index (χ1) is 12.7. The molecular formula is C18H20F2N2O4S. The van der Waals surface area contributed by atoms with Crippen molar-refractivity contribution >= 4 is 15.9 Å². The van der Waals surface area contributed by atoms with Crippen molar-refractivity contribution in [3.05, 3.63) is 65.2 Å². The predicted molar refractivity (Wildman–Crippen MR) is 95.7 cm³/mol. The Morgan fingerprint density at radius 2 is 1.89 bits per heavy atom. The van der Waals surface area contributed by atoms with Crippen molar-refractivity contribution in [3.8, 4) is 0 Å². The van der Waals surface area contributed by atoms with Crippen LogP contribution in [0.1, 0.15) is 28.9 Å². The minimum atomic E-state index is -3.78. The van der Waals surface area contributed by atoms with E-state index in [0.29, 0.717) is 5.56 Å². The van der Waals surface area contributed by atoms with E-state index in [1.54, 1.807) is 6.92 Å². The van der Waals surface area contributed by atoms with Gasteiger partial charge in [0.05, 0.1) is 17.5 Å². The Morgan fingerprint density at radius 3 is 2.56 bits per heavy atom. The number of nitrogens with one attached hydrogen (secondary N) is 2. The molecule has 2 aromatic rings. The van der Waals surface area contributed by atoms with E-state index in [4.69, 9.17) is 4.74 Å². The van der Waals surface area contributed by atoms with Gasteiger partial charge in [0.15, 0.2) is 11.6 Å². The van der Waals surface area contributed by atoms with Gasteiger partial charge in [-0.15, -0.1) is 0 Å². The second-order valence-corrected chi connectivity index (χ2v) is 7.55. The van der Waals surface area contributed by atoms with E-state index in [-0.39, 0.29) is 23.6 Å². The molecule has 1 unspecified atom stereocenters. The van der Waals surface area contributed by atoms with Crippen molar-refractivity contribution < 1.29 is 26.7 Å². The van der Waals surface area contributed by atoms with Gasteiger partial charge in [0, 0.05) is 19.2 Å². The van der Waals surface area contributed by atoms with Crippen molar-refractivity contribution in [2.75, 3.05) is 20.3 Å². The van der Waals surface area contributed by atoms with Crippen LogP contribution in [-0.2, 0) is 14.8 Å². The van der Waals surface area contributed by atoms with Crippen LogP contribution in [0, 0.1) is 11.6 Å². The third kappa shape index (κ3) is 5.56. The van der Waals surface area contributed by atoms with Gasteiger partial charge in [0.1, 0.15) is 0 Å². The molecule has 0 spiro atoms. The second-order valence-electron chi connectivity index (χ2n) is 5.79. The summed E-state index contributed by atoms with van der Waals surface area (Å²) in [6.45, 7) is 1.92. The fraction of sp³-hybridized carbons (Fsp3) is 0.278. The summed E-state index contributed by atoms with van der Waals surface area (Å²) < 4.78 is 58.0. The largest absolute Gasteiger partial charge is 0.383 e. The summed E-state index contributed by atoms with van der Waals surface area (Å²) >= 11 is 0. The van der Waals surface area contributed by atoms with E-state index >= 15 is 0 Å². The molecule has 0 fully saturated rings. The summed E-state index contributed by atoms with van der Waals surface area (Å²) in [6, 6.07) is 8.25. The lowest BCUT2D eigenvalue weighted by Crippen LogP contribution is -2.29. The Hall–Kier alpha value is -2.36. The van der Waals surface area contributed by atoms with Gasteiger partial charge in [-0.3, -0.25) is 4.79 Å². The monoisotopic (exact) mass is 398 g/mol. The predicted octanol–water partition coefficient (Wildman–Crippen LogP) is 2.38. The van der Waals surface area contributed by atoms with Crippen LogP contribution >= 0.6 is 0 Å². The van der Waals surface area contributed by atoms with Gasteiger partial charge in [0.25, 0.3) is 5.91 Å². The summed E-state index contributed by atoms with van der Waals surface area (Å²) in [6.07, 6.45) is 0. The van der Waals surface area contributed by atoms with Gasteiger partial charge in [-0.1, -0.05) is 12.1 Å². The normalized spacial score (nSPS) is 12.6. The van der Waals surface area contributed by atoms with E-state index in [1.807, 2.05) is 0 Å². The molecule has 0 saturated carbocycles. The Bertz CT molecular complexity index is 919. The summed E-state index contributed by atoms with van der Waals surface area (Å²) in [4.78, 5) is 12.3. The number of carbonyl (C=O) groups is 1. The first kappa shape index (κ1) is 20.9. The van der Waals surface area contributed by atoms with Crippen LogP contribution in [0.2, 0.25) is 0 Å². The smallest absolute Gasteiger partial charge is 0.251 e. The maximum atomic E-state index is 13.3. The number of ether oxygens (including phenoxy) is 1. The minimum absolute atomic E-state index is 0.0632. The Balaban J connectivity index is 2.13. The van der Waals surface area contributed by atoms with Gasteiger partial charge >= 0.3 is 0 Å². The zero-order valence-electron chi connectivity index (χ0n) is 14.8. The lowest BCUT2D eigenvalue weighted by molar-refractivity contribution is 0.0939. The molecule has 0 aromatic heterocycles. The molecular weight excluding hydrogens is 378 g/mol. The molecule has 0 aliphatic rings. The zero-order chi connectivity index (χ0) is 20.0. The molecule has 0 aliphatic heterocycles. The maximum Gasteiger partial charge on any atom is 0.251 e. The minimum Gasteiger partial charge on any atom is -0.383 e. The van der Waals surface area contributed by atoms with E-state index in [0.717, 1.165) is 12.1 Å². The van der Waals surface area contributed by atoms with Gasteiger partial charge in [0.2, 0.25) is 10.0 Å². The van der Waals surface area contributed by atoms with Crippen LogP contribution in [0.4, 0.5) is 8.78 Å². The molecule has 0 heterocycles. The number of carbonyl (C=O) groups excluding carboxylic acids is 1. The standard InChI is InChI=1S/C18H20F2N2O4S/c1-12(13-6-7-16(19)17(20)11-13)22-18(23)14-4-3-5-15(10-14)27(24,25)21-8-9-26-2/h3-7,10-12,21H,8-9H2,1-2H3,(H,22,23). The number of sulfonamides is 1. The molecule has 0 saturated heterocycles. The average Bonchev–Trinajstić information content (AvgIpc) is 2.64. The summed E-state index contributed by atoms with van der Waals surface area (Å²) in [5.74, 6) is -2.53. The topological polar surface area (TPSA) is 84.5 Å². The highest BCUT2D eigenvalue weighted by atomic mass is 32.2. The zero-order valence-corrected chi connectivity index (χ0v) is 15.6. The maximum absolute atomic E-state index is 13.3. The number of halogens is 2. The second kappa shape index (κ2) is 9.03. The Labute approximate surface area is 156 Å². The highest BCUT2D eigenvalue weighted by molar-refractivity contribution is 7.89. The molecule has 146 valence electrons. The van der Waals surface area contributed by atoms with Crippen molar-refractivity contribution in [2.24, 2.45) is 0 Å². The molecule has 1 amide bonds. The highest BCUT2D eigenvalue weighted by Gasteiger charge is 2.17. The van der Waals surface area contributed by atoms with E-state index in [9.17, 15) is 22.0 Å². The molecule has 27 heavy (non-hydrogen) atoms. The molecule has 1 atom stereocenters. The number of hydrogen-bond donors (Lipinski definition) is 2. The lowest BCUT2D eigenvalue weighted by atomic mass is 10.1. The lowest BCUT2D eigenvalue weighted by Gasteiger charge is -2.15. The van der Waals surface area contributed by atoms with Crippen LogP contribution < -0.4 is 10.0 Å². The van der Waals surface area contributed by atoms with Crippen molar-refractivity contribution in [1.82, 2.24) is 10.0 Å². The van der Waals surface area contributed by atoms with Gasteiger partial charge in [-0.05, 0) is 42.8 Å². The highest BCUT2D eigenvalue weighted by Crippen LogP contribution is 2.17. The SMILES string of the molecule is COCCNS(=O)(=O)c1cccc(C(=O)NC(C)c2ccc(F)c(F)c2)c1. The molecule has 2 aromatic carbocycles. The van der Waals surface area contributed by atoms with Gasteiger partial charge in [-0.2, -0.15) is 0 Å². The molecule has 2 N–H and O–H groups in total. The van der Waals surface area contributed by atoms with Crippen LogP contribution in [0.5, 0.6) is 0 Å². The van der Waals surface area contributed by atoms with Crippen LogP contribution in [0.3, 0.4) is 0 Å². The quantitative estimate of drug-likeness (QED) is 0.669. The average molecular weight is 398 g/mol. The van der Waals surface area contributed by atoms with Gasteiger partial charge in [-0.25, -0.2) is 21.9 Å². The Morgan fingerprint density at radius 1 is 1.15 bits per heavy atom. The number of benzene rings is 2. The van der Waals surface area contributed by atoms with Crippen molar-refractivity contribution in [2.45, 2.75) is 17.9 Å². The number of amides is 1. The molecule has 0 aliphatic carbocycles. The van der Waals surface area contributed by atoms with E-state index < -0.39 is 33.6 Å². The molecule has 6 nitrogen and oxygen atoms in total. The number of hydrogen-bond acceptors (Lipinski definition) is 4. The van der Waals surface area contributed by atoms with E-state index in [1.165, 1.54) is 37.4 Å². The van der Waals surface area contributed by atoms with E-state index in [2.05, 4.69) is 10.0 Å². The first-order valence-electron chi connectivity index (χ1n) is 8.09. The summed E-state index contributed by atoms with van der Waals surface area (Å²) in [7, 11) is -2.33. The number of rotatable bonds is 8. The molecule has 2 rings (SSSR count). The molecule has 0 bridgehead atoms. The summed E-state index contributed by atoms with van der Waals surface area (Å²) in [5.41, 5.74) is 0.506. The third-order valence-corrected chi connectivity index (χ3v) is 5.25. The third-order valence-electron chi connectivity index (χ3n) is 3.80. The molecule has 9 heteroatoms.